The largest absolute Gasteiger partial charge is 0.392 e. The molecule has 3 nitrogen and oxygen atoms in total. The lowest BCUT2D eigenvalue weighted by Gasteiger charge is -2.41. The van der Waals surface area contributed by atoms with Crippen LogP contribution in [0, 0.1) is 5.92 Å². The van der Waals surface area contributed by atoms with Crippen LogP contribution in [0.3, 0.4) is 0 Å². The molecule has 3 heteroatoms. The highest BCUT2D eigenvalue weighted by Crippen LogP contribution is 2.24. The first-order valence-corrected chi connectivity index (χ1v) is 9.31. The van der Waals surface area contributed by atoms with Crippen molar-refractivity contribution in [2.45, 2.75) is 39.1 Å². The van der Waals surface area contributed by atoms with Gasteiger partial charge in [0, 0.05) is 25.7 Å². The van der Waals surface area contributed by atoms with E-state index in [9.17, 15) is 0 Å². The summed E-state index contributed by atoms with van der Waals surface area (Å²) < 4.78 is 0. The normalized spacial score (nSPS) is 21.6. The highest BCUT2D eigenvalue weighted by molar-refractivity contribution is 5.22. The molecule has 2 atom stereocenters. The Morgan fingerprint density at radius 3 is 2.32 bits per heavy atom. The minimum absolute atomic E-state index is 0.118. The second kappa shape index (κ2) is 8.61. The lowest BCUT2D eigenvalue weighted by Crippen LogP contribution is -2.48. The zero-order valence-electron chi connectivity index (χ0n) is 15.4. The zero-order valence-corrected chi connectivity index (χ0v) is 15.4. The van der Waals surface area contributed by atoms with Crippen LogP contribution in [0.15, 0.2) is 54.6 Å². The van der Waals surface area contributed by atoms with E-state index in [4.69, 9.17) is 5.11 Å². The lowest BCUT2D eigenvalue weighted by molar-refractivity contribution is 0.0719. The molecular weight excluding hydrogens is 308 g/mol. The molecule has 2 unspecified atom stereocenters. The standard InChI is InChI=1S/C22H30N2O/c1-18-14-24(16-19-6-4-3-5-7-19)13-12-22(18)23(2)15-20-8-10-21(17-25)11-9-20/h3-11,18,22,25H,12-17H2,1-2H3. The maximum Gasteiger partial charge on any atom is 0.0681 e. The van der Waals surface area contributed by atoms with Gasteiger partial charge in [-0.05, 0) is 42.6 Å². The van der Waals surface area contributed by atoms with E-state index < -0.39 is 0 Å². The van der Waals surface area contributed by atoms with Gasteiger partial charge in [0.1, 0.15) is 0 Å². The van der Waals surface area contributed by atoms with E-state index >= 15 is 0 Å². The number of hydrogen-bond acceptors (Lipinski definition) is 3. The smallest absolute Gasteiger partial charge is 0.0681 e. The molecule has 1 aliphatic heterocycles. The number of aliphatic hydroxyl groups excluding tert-OH is 1. The predicted molar refractivity (Wildman–Crippen MR) is 103 cm³/mol. The highest BCUT2D eigenvalue weighted by Gasteiger charge is 2.28. The molecule has 1 N–H and O–H groups in total. The van der Waals surface area contributed by atoms with Crippen molar-refractivity contribution in [3.8, 4) is 0 Å². The first-order chi connectivity index (χ1) is 12.2. The Morgan fingerprint density at radius 1 is 1.00 bits per heavy atom. The van der Waals surface area contributed by atoms with Crippen molar-refractivity contribution in [2.75, 3.05) is 20.1 Å². The number of piperidine rings is 1. The molecule has 0 bridgehead atoms. The summed E-state index contributed by atoms with van der Waals surface area (Å²) in [4.78, 5) is 5.08. The molecule has 1 aliphatic rings. The van der Waals surface area contributed by atoms with Crippen LogP contribution in [0.2, 0.25) is 0 Å². The van der Waals surface area contributed by atoms with Crippen molar-refractivity contribution < 1.29 is 5.11 Å². The SMILES string of the molecule is CC1CN(Cc2ccccc2)CCC1N(C)Cc1ccc(CO)cc1. The van der Waals surface area contributed by atoms with Crippen molar-refractivity contribution >= 4 is 0 Å². The number of rotatable bonds is 6. The summed E-state index contributed by atoms with van der Waals surface area (Å²) in [5.41, 5.74) is 3.71. The molecular formula is C22H30N2O. The third-order valence-electron chi connectivity index (χ3n) is 5.40. The molecule has 0 aromatic heterocycles. The van der Waals surface area contributed by atoms with Crippen molar-refractivity contribution in [1.82, 2.24) is 9.80 Å². The molecule has 1 heterocycles. The van der Waals surface area contributed by atoms with E-state index in [2.05, 4.69) is 66.2 Å². The van der Waals surface area contributed by atoms with Crippen LogP contribution in [0.25, 0.3) is 0 Å². The second-order valence-electron chi connectivity index (χ2n) is 7.44. The Hall–Kier alpha value is -1.68. The van der Waals surface area contributed by atoms with Gasteiger partial charge < -0.3 is 5.11 Å². The quantitative estimate of drug-likeness (QED) is 0.873. The van der Waals surface area contributed by atoms with Crippen LogP contribution in [-0.2, 0) is 19.7 Å². The van der Waals surface area contributed by atoms with E-state index in [1.54, 1.807) is 0 Å². The Kier molecular flexibility index (Phi) is 6.24. The van der Waals surface area contributed by atoms with Gasteiger partial charge in [0.2, 0.25) is 0 Å². The summed E-state index contributed by atoms with van der Waals surface area (Å²) in [7, 11) is 2.24. The summed E-state index contributed by atoms with van der Waals surface area (Å²) in [6.45, 7) is 6.86. The Bertz CT molecular complexity index is 641. The average Bonchev–Trinajstić information content (AvgIpc) is 2.63. The monoisotopic (exact) mass is 338 g/mol. The average molecular weight is 338 g/mol. The van der Waals surface area contributed by atoms with Gasteiger partial charge in [0.05, 0.1) is 6.61 Å². The van der Waals surface area contributed by atoms with E-state index in [1.807, 2.05) is 12.1 Å². The summed E-state index contributed by atoms with van der Waals surface area (Å²) in [6.07, 6.45) is 1.22. The maximum atomic E-state index is 9.16. The van der Waals surface area contributed by atoms with Gasteiger partial charge >= 0.3 is 0 Å². The fourth-order valence-electron chi connectivity index (χ4n) is 4.01. The van der Waals surface area contributed by atoms with Gasteiger partial charge in [-0.3, -0.25) is 9.80 Å². The number of likely N-dealkylation sites (tertiary alicyclic amines) is 1. The van der Waals surface area contributed by atoms with E-state index in [1.165, 1.54) is 17.5 Å². The molecule has 3 rings (SSSR count). The van der Waals surface area contributed by atoms with Gasteiger partial charge in [0.15, 0.2) is 0 Å². The molecule has 0 radical (unpaired) electrons. The molecule has 134 valence electrons. The maximum absolute atomic E-state index is 9.16. The van der Waals surface area contributed by atoms with Crippen LogP contribution in [-0.4, -0.2) is 41.1 Å². The zero-order chi connectivity index (χ0) is 17.6. The first-order valence-electron chi connectivity index (χ1n) is 9.31. The van der Waals surface area contributed by atoms with Gasteiger partial charge in [-0.15, -0.1) is 0 Å². The van der Waals surface area contributed by atoms with Gasteiger partial charge in [-0.2, -0.15) is 0 Å². The van der Waals surface area contributed by atoms with Crippen LogP contribution in [0.1, 0.15) is 30.0 Å². The van der Waals surface area contributed by atoms with Crippen molar-refractivity contribution in [2.24, 2.45) is 5.92 Å². The fraction of sp³-hybridized carbons (Fsp3) is 0.455. The van der Waals surface area contributed by atoms with Crippen LogP contribution < -0.4 is 0 Å². The third kappa shape index (κ3) is 4.91. The molecule has 0 saturated carbocycles. The Balaban J connectivity index is 1.53. The van der Waals surface area contributed by atoms with Crippen LogP contribution in [0.5, 0.6) is 0 Å². The number of benzene rings is 2. The highest BCUT2D eigenvalue weighted by atomic mass is 16.3. The first kappa shape index (κ1) is 18.1. The summed E-state index contributed by atoms with van der Waals surface area (Å²) in [6, 6.07) is 19.7. The van der Waals surface area contributed by atoms with E-state index in [-0.39, 0.29) is 6.61 Å². The van der Waals surface area contributed by atoms with Gasteiger partial charge in [0.25, 0.3) is 0 Å². The summed E-state index contributed by atoms with van der Waals surface area (Å²) in [5.74, 6) is 0.666. The number of nitrogens with zero attached hydrogens (tertiary/aromatic N) is 2. The summed E-state index contributed by atoms with van der Waals surface area (Å²) >= 11 is 0. The molecule has 2 aromatic rings. The summed E-state index contributed by atoms with van der Waals surface area (Å²) in [5, 5.41) is 9.16. The Morgan fingerprint density at radius 2 is 1.68 bits per heavy atom. The van der Waals surface area contributed by atoms with Gasteiger partial charge in [-0.1, -0.05) is 61.5 Å². The van der Waals surface area contributed by atoms with Crippen molar-refractivity contribution in [3.05, 3.63) is 71.3 Å². The van der Waals surface area contributed by atoms with Crippen molar-refractivity contribution in [1.29, 1.82) is 0 Å². The lowest BCUT2D eigenvalue weighted by atomic mass is 9.92. The fourth-order valence-corrected chi connectivity index (χ4v) is 4.01. The number of aliphatic hydroxyl groups is 1. The minimum Gasteiger partial charge on any atom is -0.392 e. The van der Waals surface area contributed by atoms with E-state index in [0.717, 1.165) is 31.7 Å². The van der Waals surface area contributed by atoms with Gasteiger partial charge in [-0.25, -0.2) is 0 Å². The molecule has 1 fully saturated rings. The molecule has 0 spiro atoms. The molecule has 0 aliphatic carbocycles. The number of hydrogen-bond donors (Lipinski definition) is 1. The Labute approximate surface area is 151 Å². The molecule has 1 saturated heterocycles. The second-order valence-corrected chi connectivity index (χ2v) is 7.44. The van der Waals surface area contributed by atoms with Crippen LogP contribution in [0.4, 0.5) is 0 Å². The van der Waals surface area contributed by atoms with Crippen LogP contribution >= 0.6 is 0 Å². The topological polar surface area (TPSA) is 26.7 Å². The molecule has 2 aromatic carbocycles. The molecule has 0 amide bonds. The van der Waals surface area contributed by atoms with E-state index in [0.29, 0.717) is 12.0 Å². The third-order valence-corrected chi connectivity index (χ3v) is 5.40. The predicted octanol–water partition coefficient (Wildman–Crippen LogP) is 3.52. The minimum atomic E-state index is 0.118. The molecule has 25 heavy (non-hydrogen) atoms. The van der Waals surface area contributed by atoms with Crippen molar-refractivity contribution in [3.63, 3.8) is 0 Å².